The van der Waals surface area contributed by atoms with Crippen LogP contribution in [0.3, 0.4) is 0 Å². The predicted octanol–water partition coefficient (Wildman–Crippen LogP) is -0.814. The van der Waals surface area contributed by atoms with Crippen molar-refractivity contribution < 1.29 is 24.4 Å². The van der Waals surface area contributed by atoms with Gasteiger partial charge in [0.1, 0.15) is 18.0 Å². The minimum Gasteiger partial charge on any atom is -0.394 e. The van der Waals surface area contributed by atoms with Crippen LogP contribution in [0.5, 0.6) is 0 Å². The number of aliphatic hydroxyl groups excluding tert-OH is 2. The van der Waals surface area contributed by atoms with Crippen LogP contribution in [0.15, 0.2) is 12.3 Å². The Morgan fingerprint density at radius 1 is 1.52 bits per heavy atom. The Labute approximate surface area is 119 Å². The number of nitrogen functional groups attached to an aromatic ring is 1. The quantitative estimate of drug-likeness (QED) is 0.532. The van der Waals surface area contributed by atoms with Crippen LogP contribution < -0.4 is 5.73 Å². The van der Waals surface area contributed by atoms with Gasteiger partial charge in [-0.15, -0.1) is 0 Å². The SMILES string of the molecule is CO[C@H](CO)[C@@H](O)[C@@](C)(O)n1ccc2c(N)nc(F)nc21. The number of halogens is 1. The van der Waals surface area contributed by atoms with E-state index in [0.717, 1.165) is 4.57 Å². The average Bonchev–Trinajstić information content (AvgIpc) is 2.84. The van der Waals surface area contributed by atoms with Crippen LogP contribution in [-0.4, -0.2) is 55.8 Å². The third kappa shape index (κ3) is 2.56. The second-order valence-electron chi connectivity index (χ2n) is 4.80. The zero-order valence-corrected chi connectivity index (χ0v) is 11.6. The van der Waals surface area contributed by atoms with Gasteiger partial charge in [-0.25, -0.2) is 0 Å². The number of hydrogen-bond donors (Lipinski definition) is 4. The average molecular weight is 300 g/mol. The molecule has 0 bridgehead atoms. The first-order chi connectivity index (χ1) is 9.82. The molecule has 0 aliphatic rings. The number of aromatic nitrogens is 3. The van der Waals surface area contributed by atoms with Crippen LogP contribution in [0.2, 0.25) is 0 Å². The first kappa shape index (κ1) is 15.6. The Hall–Kier alpha value is -1.81. The minimum atomic E-state index is -1.90. The van der Waals surface area contributed by atoms with Crippen molar-refractivity contribution in [3.8, 4) is 0 Å². The molecule has 5 N–H and O–H groups in total. The van der Waals surface area contributed by atoms with Gasteiger partial charge in [0, 0.05) is 13.3 Å². The van der Waals surface area contributed by atoms with Crippen LogP contribution in [0, 0.1) is 6.08 Å². The molecule has 0 unspecified atom stereocenters. The summed E-state index contributed by atoms with van der Waals surface area (Å²) in [7, 11) is 1.29. The maximum absolute atomic E-state index is 13.3. The van der Waals surface area contributed by atoms with Crippen molar-refractivity contribution in [1.82, 2.24) is 14.5 Å². The lowest BCUT2D eigenvalue weighted by Crippen LogP contribution is -2.50. The Bertz CT molecular complexity index is 641. The number of nitrogens with zero attached hydrogens (tertiary/aromatic N) is 3. The number of methoxy groups -OCH3 is 1. The molecule has 9 heteroatoms. The Kier molecular flexibility index (Phi) is 4.10. The highest BCUT2D eigenvalue weighted by molar-refractivity contribution is 5.86. The molecule has 0 radical (unpaired) electrons. The molecule has 2 heterocycles. The second-order valence-corrected chi connectivity index (χ2v) is 4.80. The Morgan fingerprint density at radius 3 is 2.76 bits per heavy atom. The number of ether oxygens (including phenoxy) is 1. The Balaban J connectivity index is 2.54. The fourth-order valence-corrected chi connectivity index (χ4v) is 2.17. The van der Waals surface area contributed by atoms with Gasteiger partial charge in [0.2, 0.25) is 0 Å². The summed E-state index contributed by atoms with van der Waals surface area (Å²) in [6.45, 7) is 0.785. The van der Waals surface area contributed by atoms with Crippen molar-refractivity contribution in [2.45, 2.75) is 24.9 Å². The van der Waals surface area contributed by atoms with Gasteiger partial charge in [0.15, 0.2) is 11.4 Å². The number of anilines is 1. The number of nitrogens with two attached hydrogens (primary N) is 1. The maximum Gasteiger partial charge on any atom is 0.312 e. The molecule has 3 atom stereocenters. The van der Waals surface area contributed by atoms with E-state index in [1.54, 1.807) is 0 Å². The van der Waals surface area contributed by atoms with Gasteiger partial charge in [0.25, 0.3) is 0 Å². The minimum absolute atomic E-state index is 0.0249. The van der Waals surface area contributed by atoms with Gasteiger partial charge < -0.3 is 30.4 Å². The number of hydrogen-bond acceptors (Lipinski definition) is 7. The van der Waals surface area contributed by atoms with Gasteiger partial charge >= 0.3 is 6.08 Å². The Morgan fingerprint density at radius 2 is 2.19 bits per heavy atom. The van der Waals surface area contributed by atoms with Crippen molar-refractivity contribution in [2.24, 2.45) is 0 Å². The van der Waals surface area contributed by atoms with Gasteiger partial charge in [-0.05, 0) is 13.0 Å². The molecular formula is C12H17FN4O4. The molecule has 21 heavy (non-hydrogen) atoms. The lowest BCUT2D eigenvalue weighted by Gasteiger charge is -2.34. The van der Waals surface area contributed by atoms with E-state index in [1.807, 2.05) is 0 Å². The van der Waals surface area contributed by atoms with E-state index in [9.17, 15) is 14.6 Å². The van der Waals surface area contributed by atoms with Crippen LogP contribution in [-0.2, 0) is 10.5 Å². The zero-order valence-electron chi connectivity index (χ0n) is 11.6. The highest BCUT2D eigenvalue weighted by atomic mass is 19.1. The number of fused-ring (bicyclic) bond motifs is 1. The fraction of sp³-hybridized carbons (Fsp3) is 0.500. The van der Waals surface area contributed by atoms with Gasteiger partial charge in [-0.3, -0.25) is 0 Å². The van der Waals surface area contributed by atoms with Crippen molar-refractivity contribution in [3.63, 3.8) is 0 Å². The van der Waals surface area contributed by atoms with E-state index in [0.29, 0.717) is 5.39 Å². The van der Waals surface area contributed by atoms with E-state index in [1.165, 1.54) is 26.3 Å². The summed E-state index contributed by atoms with van der Waals surface area (Å²) in [5.41, 5.74) is 3.71. The second kappa shape index (κ2) is 5.53. The summed E-state index contributed by atoms with van der Waals surface area (Å²) in [5, 5.41) is 30.2. The van der Waals surface area contributed by atoms with Gasteiger partial charge in [0.05, 0.1) is 12.0 Å². The van der Waals surface area contributed by atoms with E-state index < -0.39 is 30.6 Å². The molecule has 0 aliphatic heterocycles. The van der Waals surface area contributed by atoms with E-state index in [-0.39, 0.29) is 11.5 Å². The molecule has 2 aromatic heterocycles. The van der Waals surface area contributed by atoms with Crippen LogP contribution in [0.25, 0.3) is 11.0 Å². The van der Waals surface area contributed by atoms with Crippen LogP contribution in [0.1, 0.15) is 6.92 Å². The normalized spacial score (nSPS) is 17.6. The summed E-state index contributed by atoms with van der Waals surface area (Å²) in [4.78, 5) is 6.97. The summed E-state index contributed by atoms with van der Waals surface area (Å²) in [6, 6.07) is 1.49. The fourth-order valence-electron chi connectivity index (χ4n) is 2.17. The highest BCUT2D eigenvalue weighted by Crippen LogP contribution is 2.28. The van der Waals surface area contributed by atoms with Crippen molar-refractivity contribution in [3.05, 3.63) is 18.3 Å². The number of aliphatic hydroxyl groups is 3. The molecule has 8 nitrogen and oxygen atoms in total. The van der Waals surface area contributed by atoms with Gasteiger partial charge in [-0.1, -0.05) is 0 Å². The summed E-state index contributed by atoms with van der Waals surface area (Å²) < 4.78 is 19.4. The van der Waals surface area contributed by atoms with E-state index >= 15 is 0 Å². The molecular weight excluding hydrogens is 283 g/mol. The first-order valence-corrected chi connectivity index (χ1v) is 6.17. The van der Waals surface area contributed by atoms with Crippen molar-refractivity contribution in [1.29, 1.82) is 0 Å². The van der Waals surface area contributed by atoms with E-state index in [4.69, 9.17) is 15.6 Å². The molecule has 0 saturated heterocycles. The molecule has 0 amide bonds. The topological polar surface area (TPSA) is 127 Å². The predicted molar refractivity (Wildman–Crippen MR) is 71.7 cm³/mol. The molecule has 0 aromatic carbocycles. The van der Waals surface area contributed by atoms with Crippen LogP contribution in [0.4, 0.5) is 10.2 Å². The molecule has 116 valence electrons. The zero-order chi connectivity index (χ0) is 15.8. The van der Waals surface area contributed by atoms with E-state index in [2.05, 4.69) is 9.97 Å². The smallest absolute Gasteiger partial charge is 0.312 e. The summed E-state index contributed by atoms with van der Waals surface area (Å²) in [5.74, 6) is -0.0769. The number of rotatable bonds is 5. The molecule has 0 saturated carbocycles. The third-order valence-electron chi connectivity index (χ3n) is 3.43. The van der Waals surface area contributed by atoms with Crippen LogP contribution >= 0.6 is 0 Å². The monoisotopic (exact) mass is 300 g/mol. The van der Waals surface area contributed by atoms with Gasteiger partial charge in [-0.2, -0.15) is 14.4 Å². The lowest BCUT2D eigenvalue weighted by molar-refractivity contribution is -0.174. The molecule has 2 rings (SSSR count). The summed E-state index contributed by atoms with van der Waals surface area (Å²) in [6.07, 6.45) is -2.16. The standard InChI is InChI=1S/C12H17FN4O4/c1-12(20,8(19)7(5-18)21-2)17-4-3-6-9(14)15-11(13)16-10(6)17/h3-4,7-8,18-20H,5H2,1-2H3,(H2,14,15,16)/t7-,8-,12-/m1/s1. The largest absolute Gasteiger partial charge is 0.394 e. The third-order valence-corrected chi connectivity index (χ3v) is 3.43. The molecule has 0 fully saturated rings. The highest BCUT2D eigenvalue weighted by Gasteiger charge is 2.39. The van der Waals surface area contributed by atoms with Crippen molar-refractivity contribution in [2.75, 3.05) is 19.5 Å². The first-order valence-electron chi connectivity index (χ1n) is 6.17. The molecule has 0 spiro atoms. The molecule has 0 aliphatic carbocycles. The molecule has 2 aromatic rings. The van der Waals surface area contributed by atoms with Crippen molar-refractivity contribution >= 4 is 16.9 Å². The lowest BCUT2D eigenvalue weighted by atomic mass is 10.0. The summed E-state index contributed by atoms with van der Waals surface area (Å²) >= 11 is 0. The maximum atomic E-state index is 13.3.